The Bertz CT molecular complexity index is 667. The van der Waals surface area contributed by atoms with Crippen molar-refractivity contribution < 1.29 is 9.63 Å². The molecule has 21 heavy (non-hydrogen) atoms. The number of phenols is 1. The molecule has 1 atom stereocenters. The normalized spacial score (nSPS) is 28.0. The lowest BCUT2D eigenvalue weighted by Gasteiger charge is -2.46. The minimum Gasteiger partial charge on any atom is -0.507 e. The predicted octanol–water partition coefficient (Wildman–Crippen LogP) is 1.88. The maximum Gasteiger partial charge on any atom is 0.261 e. The first-order valence-corrected chi connectivity index (χ1v) is 7.79. The smallest absolute Gasteiger partial charge is 0.261 e. The predicted molar refractivity (Wildman–Crippen MR) is 79.9 cm³/mol. The first-order chi connectivity index (χ1) is 10.2. The fourth-order valence-electron chi connectivity index (χ4n) is 3.03. The molecule has 0 saturated carbocycles. The summed E-state index contributed by atoms with van der Waals surface area (Å²) in [4.78, 5) is 9.32. The molecule has 3 aliphatic rings. The number of fused-ring (bicyclic) bond motifs is 3. The molecule has 3 saturated heterocycles. The van der Waals surface area contributed by atoms with Gasteiger partial charge in [-0.2, -0.15) is 4.98 Å². The molecule has 2 bridgehead atoms. The van der Waals surface area contributed by atoms with Gasteiger partial charge < -0.3 is 9.63 Å². The van der Waals surface area contributed by atoms with Crippen molar-refractivity contribution >= 4 is 15.9 Å². The zero-order valence-corrected chi connectivity index (χ0v) is 13.0. The van der Waals surface area contributed by atoms with Crippen LogP contribution >= 0.6 is 15.9 Å². The summed E-state index contributed by atoms with van der Waals surface area (Å²) in [6.07, 6.45) is 0. The number of rotatable bonds is 2. The number of benzene rings is 1. The molecular weight excluding hydrogens is 336 g/mol. The molecule has 1 aromatic heterocycles. The maximum atomic E-state index is 9.99. The van der Waals surface area contributed by atoms with Crippen molar-refractivity contribution in [2.45, 2.75) is 6.04 Å². The van der Waals surface area contributed by atoms with Gasteiger partial charge in [0.05, 0.1) is 11.6 Å². The molecule has 0 amide bonds. The van der Waals surface area contributed by atoms with Gasteiger partial charge in [-0.15, -0.1) is 0 Å². The topological polar surface area (TPSA) is 65.6 Å². The lowest BCUT2D eigenvalue weighted by molar-refractivity contribution is 0.00781. The zero-order chi connectivity index (χ0) is 14.4. The van der Waals surface area contributed by atoms with Crippen LogP contribution in [0.1, 0.15) is 11.9 Å². The Labute approximate surface area is 130 Å². The van der Waals surface area contributed by atoms with Crippen LogP contribution in [0.25, 0.3) is 11.5 Å². The molecule has 7 heteroatoms. The average Bonchev–Trinajstić information content (AvgIpc) is 2.98. The van der Waals surface area contributed by atoms with Crippen molar-refractivity contribution in [3.05, 3.63) is 28.5 Å². The van der Waals surface area contributed by atoms with Crippen LogP contribution in [0.4, 0.5) is 0 Å². The van der Waals surface area contributed by atoms with Crippen LogP contribution in [0.3, 0.4) is 0 Å². The van der Waals surface area contributed by atoms with Gasteiger partial charge in [-0.3, -0.25) is 9.80 Å². The molecule has 4 heterocycles. The van der Waals surface area contributed by atoms with E-state index in [-0.39, 0.29) is 11.8 Å². The molecule has 1 unspecified atom stereocenters. The van der Waals surface area contributed by atoms with E-state index >= 15 is 0 Å². The second-order valence-electron chi connectivity index (χ2n) is 5.47. The quantitative estimate of drug-likeness (QED) is 0.891. The average molecular weight is 351 g/mol. The van der Waals surface area contributed by atoms with Gasteiger partial charge in [0, 0.05) is 37.2 Å². The largest absolute Gasteiger partial charge is 0.507 e. The monoisotopic (exact) mass is 350 g/mol. The molecule has 5 rings (SSSR count). The summed E-state index contributed by atoms with van der Waals surface area (Å²) in [6, 6.07) is 5.43. The summed E-state index contributed by atoms with van der Waals surface area (Å²) in [5.41, 5.74) is 0.563. The molecule has 6 nitrogen and oxygen atoms in total. The Morgan fingerprint density at radius 2 is 2.05 bits per heavy atom. The van der Waals surface area contributed by atoms with Crippen LogP contribution in [-0.2, 0) is 0 Å². The number of aromatic nitrogens is 2. The fraction of sp³-hybridized carbons (Fsp3) is 0.429. The summed E-state index contributed by atoms with van der Waals surface area (Å²) < 4.78 is 6.16. The van der Waals surface area contributed by atoms with Gasteiger partial charge in [-0.05, 0) is 18.2 Å². The molecule has 0 aliphatic carbocycles. The molecule has 0 spiro atoms. The first kappa shape index (κ1) is 13.2. The lowest BCUT2D eigenvalue weighted by Crippen LogP contribution is -2.57. The van der Waals surface area contributed by atoms with Crippen LogP contribution < -0.4 is 0 Å². The third kappa shape index (κ3) is 2.35. The molecular formula is C14H15BrN4O2. The third-order valence-electron chi connectivity index (χ3n) is 4.21. The van der Waals surface area contributed by atoms with Crippen LogP contribution in [-0.4, -0.2) is 57.8 Å². The van der Waals surface area contributed by atoms with Gasteiger partial charge >= 0.3 is 0 Å². The number of nitrogens with zero attached hydrogens (tertiary/aromatic N) is 4. The molecule has 2 aromatic rings. The number of hydrogen-bond donors (Lipinski definition) is 1. The minimum absolute atomic E-state index is 0.133. The van der Waals surface area contributed by atoms with Crippen LogP contribution in [0.5, 0.6) is 5.75 Å². The van der Waals surface area contributed by atoms with E-state index in [0.29, 0.717) is 17.3 Å². The van der Waals surface area contributed by atoms with Crippen molar-refractivity contribution in [1.82, 2.24) is 19.9 Å². The molecule has 1 aromatic carbocycles. The van der Waals surface area contributed by atoms with E-state index in [1.807, 2.05) is 6.07 Å². The van der Waals surface area contributed by atoms with Crippen LogP contribution in [0.2, 0.25) is 0 Å². The van der Waals surface area contributed by atoms with E-state index in [4.69, 9.17) is 4.52 Å². The number of phenolic OH excluding ortho intramolecular Hbond substituents is 1. The van der Waals surface area contributed by atoms with E-state index in [0.717, 1.165) is 37.2 Å². The first-order valence-electron chi connectivity index (χ1n) is 6.99. The summed E-state index contributed by atoms with van der Waals surface area (Å²) >= 11 is 3.32. The molecule has 110 valence electrons. The lowest BCUT2D eigenvalue weighted by atomic mass is 10.1. The maximum absolute atomic E-state index is 9.99. The molecule has 3 fully saturated rings. The highest BCUT2D eigenvalue weighted by molar-refractivity contribution is 9.10. The van der Waals surface area contributed by atoms with Crippen molar-refractivity contribution in [3.8, 4) is 17.2 Å². The van der Waals surface area contributed by atoms with E-state index in [1.54, 1.807) is 12.1 Å². The van der Waals surface area contributed by atoms with Crippen molar-refractivity contribution in [3.63, 3.8) is 0 Å². The standard InChI is InChI=1S/C14H15BrN4O2/c15-9-1-2-10(12(20)7-9)14-16-13(17-21-14)11-8-18-3-5-19(11)6-4-18/h1-2,7,11,20H,3-6,8H2. The van der Waals surface area contributed by atoms with Crippen molar-refractivity contribution in [2.24, 2.45) is 0 Å². The zero-order valence-electron chi connectivity index (χ0n) is 11.4. The Kier molecular flexibility index (Phi) is 3.20. The minimum atomic E-state index is 0.133. The second-order valence-corrected chi connectivity index (χ2v) is 6.39. The third-order valence-corrected chi connectivity index (χ3v) is 4.70. The van der Waals surface area contributed by atoms with Crippen LogP contribution in [0, 0.1) is 0 Å². The van der Waals surface area contributed by atoms with E-state index in [2.05, 4.69) is 35.9 Å². The van der Waals surface area contributed by atoms with Gasteiger partial charge in [-0.1, -0.05) is 21.1 Å². The van der Waals surface area contributed by atoms with Gasteiger partial charge in [-0.25, -0.2) is 0 Å². The Morgan fingerprint density at radius 1 is 1.24 bits per heavy atom. The Morgan fingerprint density at radius 3 is 2.71 bits per heavy atom. The number of piperazine rings is 3. The number of halogens is 1. The van der Waals surface area contributed by atoms with Gasteiger partial charge in [0.25, 0.3) is 5.89 Å². The highest BCUT2D eigenvalue weighted by atomic mass is 79.9. The Hall–Kier alpha value is -1.44. The van der Waals surface area contributed by atoms with Crippen LogP contribution in [0.15, 0.2) is 27.2 Å². The summed E-state index contributed by atoms with van der Waals surface area (Å²) in [7, 11) is 0. The van der Waals surface area contributed by atoms with Gasteiger partial charge in [0.2, 0.25) is 0 Å². The highest BCUT2D eigenvalue weighted by Gasteiger charge is 2.35. The Balaban J connectivity index is 1.64. The van der Waals surface area contributed by atoms with Gasteiger partial charge in [0.15, 0.2) is 5.82 Å². The molecule has 1 N–H and O–H groups in total. The van der Waals surface area contributed by atoms with Crippen molar-refractivity contribution in [1.29, 1.82) is 0 Å². The van der Waals surface area contributed by atoms with E-state index < -0.39 is 0 Å². The van der Waals surface area contributed by atoms with Crippen molar-refractivity contribution in [2.75, 3.05) is 32.7 Å². The summed E-state index contributed by atoms with van der Waals surface area (Å²) in [5, 5.41) is 14.1. The number of aromatic hydroxyl groups is 1. The van der Waals surface area contributed by atoms with Gasteiger partial charge in [0.1, 0.15) is 5.75 Å². The fourth-order valence-corrected chi connectivity index (χ4v) is 3.38. The SMILES string of the molecule is Oc1cc(Br)ccc1-c1nc(C2CN3CCN2CC3)no1. The summed E-state index contributed by atoms with van der Waals surface area (Å²) in [5.74, 6) is 1.21. The highest BCUT2D eigenvalue weighted by Crippen LogP contribution is 2.33. The number of hydrogen-bond acceptors (Lipinski definition) is 6. The molecule has 0 radical (unpaired) electrons. The summed E-state index contributed by atoms with van der Waals surface area (Å²) in [6.45, 7) is 5.30. The van der Waals surface area contributed by atoms with E-state index in [9.17, 15) is 5.11 Å². The molecule has 3 aliphatic heterocycles. The second kappa shape index (κ2) is 5.08. The van der Waals surface area contributed by atoms with E-state index in [1.165, 1.54) is 0 Å².